The van der Waals surface area contributed by atoms with Crippen molar-refractivity contribution in [1.29, 1.82) is 0 Å². The van der Waals surface area contributed by atoms with Gasteiger partial charge in [0, 0.05) is 42.2 Å². The second-order valence-electron chi connectivity index (χ2n) is 7.06. The van der Waals surface area contributed by atoms with Crippen LogP contribution < -0.4 is 0 Å². The first-order valence-electron chi connectivity index (χ1n) is 9.17. The number of aromatic nitrogens is 1. The van der Waals surface area contributed by atoms with Gasteiger partial charge >= 0.3 is 0 Å². The molecule has 2 amide bonds. The third-order valence-corrected chi connectivity index (χ3v) is 5.61. The van der Waals surface area contributed by atoms with E-state index >= 15 is 0 Å². The van der Waals surface area contributed by atoms with Crippen LogP contribution in [0.1, 0.15) is 31.8 Å². The van der Waals surface area contributed by atoms with Gasteiger partial charge in [-0.3, -0.25) is 14.6 Å². The number of nitrogens with zero attached hydrogens (tertiary/aromatic N) is 3. The number of pyridine rings is 1. The summed E-state index contributed by atoms with van der Waals surface area (Å²) < 4.78 is 13.4. The zero-order chi connectivity index (χ0) is 20.2. The molecule has 1 N–H and O–H groups in total. The van der Waals surface area contributed by atoms with Gasteiger partial charge in [-0.15, -0.1) is 0 Å². The number of amides is 2. The van der Waals surface area contributed by atoms with Crippen molar-refractivity contribution in [3.8, 4) is 5.75 Å². The molecule has 6 nitrogen and oxygen atoms in total. The van der Waals surface area contributed by atoms with Crippen LogP contribution in [0, 0.1) is 5.82 Å². The number of hydrogen-bond donors (Lipinski definition) is 1. The third-order valence-electron chi connectivity index (χ3n) is 5.61. The number of carbonyl (C=O) groups is 2. The van der Waals surface area contributed by atoms with Crippen molar-refractivity contribution in [1.82, 2.24) is 14.8 Å². The molecule has 1 atom stereocenters. The van der Waals surface area contributed by atoms with Crippen molar-refractivity contribution in [3.05, 3.63) is 95.1 Å². The van der Waals surface area contributed by atoms with Crippen LogP contribution in [0.3, 0.4) is 0 Å². The van der Waals surface area contributed by atoms with Gasteiger partial charge < -0.3 is 14.9 Å². The van der Waals surface area contributed by atoms with Crippen LogP contribution in [0.5, 0.6) is 5.75 Å². The Morgan fingerprint density at radius 1 is 1.03 bits per heavy atom. The molecule has 1 saturated heterocycles. The van der Waals surface area contributed by atoms with E-state index in [1.54, 1.807) is 34.2 Å². The van der Waals surface area contributed by atoms with E-state index in [1.807, 2.05) is 0 Å². The normalized spacial score (nSPS) is 20.0. The molecule has 2 aliphatic rings. The molecular formula is C22H16FN3O3. The maximum atomic E-state index is 13.5. The minimum absolute atomic E-state index is 0.0883. The molecule has 0 aliphatic carbocycles. The fraction of sp³-hybridized carbons (Fsp3) is 0.136. The zero-order valence-electron chi connectivity index (χ0n) is 15.2. The van der Waals surface area contributed by atoms with Crippen LogP contribution in [0.15, 0.2) is 67.0 Å². The average Bonchev–Trinajstić information content (AvgIpc) is 3.25. The van der Waals surface area contributed by atoms with Crippen LogP contribution in [0.25, 0.3) is 0 Å². The van der Waals surface area contributed by atoms with Gasteiger partial charge in [0.1, 0.15) is 11.6 Å². The molecule has 3 aromatic rings. The predicted octanol–water partition coefficient (Wildman–Crippen LogP) is 2.74. The Labute approximate surface area is 165 Å². The fourth-order valence-corrected chi connectivity index (χ4v) is 4.38. The van der Waals surface area contributed by atoms with E-state index in [-0.39, 0.29) is 17.6 Å². The molecule has 2 aliphatic heterocycles. The Kier molecular flexibility index (Phi) is 3.67. The summed E-state index contributed by atoms with van der Waals surface area (Å²) in [7, 11) is 0. The van der Waals surface area contributed by atoms with Crippen molar-refractivity contribution in [2.75, 3.05) is 13.1 Å². The lowest BCUT2D eigenvalue weighted by molar-refractivity contribution is 0.0375. The minimum atomic E-state index is -1.14. The van der Waals surface area contributed by atoms with Gasteiger partial charge in [0.05, 0.1) is 5.56 Å². The van der Waals surface area contributed by atoms with E-state index in [0.29, 0.717) is 35.3 Å². The molecule has 0 spiro atoms. The smallest absolute Gasteiger partial charge is 0.258 e. The molecule has 0 radical (unpaired) electrons. The molecule has 0 bridgehead atoms. The van der Waals surface area contributed by atoms with Crippen molar-refractivity contribution in [2.24, 2.45) is 0 Å². The fourth-order valence-electron chi connectivity index (χ4n) is 4.38. The van der Waals surface area contributed by atoms with E-state index < -0.39 is 11.5 Å². The summed E-state index contributed by atoms with van der Waals surface area (Å²) in [5, 5.41) is 9.76. The van der Waals surface area contributed by atoms with Gasteiger partial charge in [-0.1, -0.05) is 12.1 Å². The molecular weight excluding hydrogens is 373 g/mol. The summed E-state index contributed by atoms with van der Waals surface area (Å²) in [6.45, 7) is 0.673. The summed E-state index contributed by atoms with van der Waals surface area (Å²) in [5.41, 5.74) is 0.977. The quantitative estimate of drug-likeness (QED) is 0.732. The molecule has 5 rings (SSSR count). The molecule has 1 unspecified atom stereocenters. The van der Waals surface area contributed by atoms with E-state index in [1.165, 1.54) is 42.6 Å². The van der Waals surface area contributed by atoms with Gasteiger partial charge in [0.15, 0.2) is 5.66 Å². The maximum absolute atomic E-state index is 13.5. The van der Waals surface area contributed by atoms with E-state index in [2.05, 4.69) is 4.98 Å². The minimum Gasteiger partial charge on any atom is -0.508 e. The molecule has 2 aromatic carbocycles. The molecule has 7 heteroatoms. The number of aromatic hydroxyl groups is 1. The number of phenolic OH excluding ortho intramolecular Hbond substituents is 1. The van der Waals surface area contributed by atoms with E-state index in [0.717, 1.165) is 0 Å². The average molecular weight is 389 g/mol. The number of rotatable bonds is 2. The topological polar surface area (TPSA) is 73.7 Å². The Hall–Kier alpha value is -3.74. The van der Waals surface area contributed by atoms with Crippen LogP contribution in [0.2, 0.25) is 0 Å². The van der Waals surface area contributed by atoms with Crippen LogP contribution >= 0.6 is 0 Å². The van der Waals surface area contributed by atoms with Crippen molar-refractivity contribution >= 4 is 11.8 Å². The first kappa shape index (κ1) is 17.4. The highest BCUT2D eigenvalue weighted by Crippen LogP contribution is 2.50. The number of halogens is 1. The van der Waals surface area contributed by atoms with Gasteiger partial charge in [-0.05, 0) is 42.5 Å². The van der Waals surface area contributed by atoms with Gasteiger partial charge in [0.2, 0.25) is 0 Å². The van der Waals surface area contributed by atoms with Crippen molar-refractivity contribution in [2.45, 2.75) is 5.66 Å². The second-order valence-corrected chi connectivity index (χ2v) is 7.06. The Bertz CT molecular complexity index is 1130. The zero-order valence-corrected chi connectivity index (χ0v) is 15.2. The summed E-state index contributed by atoms with van der Waals surface area (Å²) in [6, 6.07) is 13.6. The second kappa shape index (κ2) is 6.13. The number of benzene rings is 2. The highest BCUT2D eigenvalue weighted by molar-refractivity contribution is 6.03. The van der Waals surface area contributed by atoms with Gasteiger partial charge in [0.25, 0.3) is 11.8 Å². The van der Waals surface area contributed by atoms with Gasteiger partial charge in [-0.25, -0.2) is 4.39 Å². The lowest BCUT2D eigenvalue weighted by atomic mass is 9.90. The summed E-state index contributed by atoms with van der Waals surface area (Å²) in [4.78, 5) is 34.0. The number of hydrogen-bond acceptors (Lipinski definition) is 4. The monoisotopic (exact) mass is 389 g/mol. The van der Waals surface area contributed by atoms with Crippen LogP contribution in [0.4, 0.5) is 4.39 Å². The third kappa shape index (κ3) is 2.30. The van der Waals surface area contributed by atoms with E-state index in [9.17, 15) is 19.1 Å². The molecule has 144 valence electrons. The maximum Gasteiger partial charge on any atom is 0.258 e. The molecule has 3 heterocycles. The van der Waals surface area contributed by atoms with Gasteiger partial charge in [-0.2, -0.15) is 0 Å². The number of phenols is 1. The summed E-state index contributed by atoms with van der Waals surface area (Å²) in [5.74, 6) is -0.843. The Morgan fingerprint density at radius 2 is 1.76 bits per heavy atom. The number of fused-ring (bicyclic) bond motifs is 3. The van der Waals surface area contributed by atoms with Crippen molar-refractivity contribution < 1.29 is 19.1 Å². The molecule has 1 aromatic heterocycles. The SMILES string of the molecule is O=C(c1ccc(F)cc1)N1CCN2C(=O)c3cnccc3C12c1ccc(O)cc1. The first-order chi connectivity index (χ1) is 14.0. The first-order valence-corrected chi connectivity index (χ1v) is 9.17. The van der Waals surface area contributed by atoms with Crippen molar-refractivity contribution in [3.63, 3.8) is 0 Å². The number of carbonyl (C=O) groups excluding carboxylic acids is 2. The highest BCUT2D eigenvalue weighted by Gasteiger charge is 2.59. The largest absolute Gasteiger partial charge is 0.508 e. The highest BCUT2D eigenvalue weighted by atomic mass is 19.1. The lowest BCUT2D eigenvalue weighted by Gasteiger charge is -2.40. The lowest BCUT2D eigenvalue weighted by Crippen LogP contribution is -2.51. The standard InChI is InChI=1S/C22H16FN3O3/c23-16-5-1-14(2-6-16)20(28)25-11-12-26-21(29)18-13-24-10-9-19(18)22(25,26)15-3-7-17(27)8-4-15/h1-10,13,27H,11-12H2. The summed E-state index contributed by atoms with van der Waals surface area (Å²) in [6.07, 6.45) is 3.11. The predicted molar refractivity (Wildman–Crippen MR) is 102 cm³/mol. The molecule has 1 fully saturated rings. The van der Waals surface area contributed by atoms with E-state index in [4.69, 9.17) is 0 Å². The molecule has 29 heavy (non-hydrogen) atoms. The Morgan fingerprint density at radius 3 is 2.48 bits per heavy atom. The van der Waals surface area contributed by atoms with Crippen LogP contribution in [-0.2, 0) is 5.66 Å². The molecule has 0 saturated carbocycles. The Balaban J connectivity index is 1.74. The van der Waals surface area contributed by atoms with Crippen LogP contribution in [-0.4, -0.2) is 44.8 Å². The summed E-state index contributed by atoms with van der Waals surface area (Å²) >= 11 is 0.